The third-order valence-electron chi connectivity index (χ3n) is 3.47. The number of nitrogens with one attached hydrogen (secondary N) is 1. The highest BCUT2D eigenvalue weighted by atomic mass is 16.5. The highest BCUT2D eigenvalue weighted by molar-refractivity contribution is 5.77. The number of amides is 1. The minimum Gasteiger partial charge on any atom is -0.484 e. The summed E-state index contributed by atoms with van der Waals surface area (Å²) in [5.74, 6) is 1.52. The summed E-state index contributed by atoms with van der Waals surface area (Å²) in [6.45, 7) is 10.7. The topological polar surface area (TPSA) is 38.3 Å². The monoisotopic (exact) mass is 277 g/mol. The Hall–Kier alpha value is -1.51. The van der Waals surface area contributed by atoms with Gasteiger partial charge < -0.3 is 10.1 Å². The Labute approximate surface area is 122 Å². The minimum atomic E-state index is -0.0584. The van der Waals surface area contributed by atoms with Crippen molar-refractivity contribution in [1.29, 1.82) is 0 Å². The fourth-order valence-electron chi connectivity index (χ4n) is 2.30. The van der Waals surface area contributed by atoms with Crippen molar-refractivity contribution in [2.45, 2.75) is 47.1 Å². The van der Waals surface area contributed by atoms with Gasteiger partial charge in [-0.15, -0.1) is 0 Å². The first-order chi connectivity index (χ1) is 9.43. The number of aryl methyl sites for hydroxylation is 1. The molecule has 0 radical (unpaired) electrons. The molecule has 1 amide bonds. The predicted molar refractivity (Wildman–Crippen MR) is 82.9 cm³/mol. The maximum Gasteiger partial charge on any atom is 0.258 e. The molecule has 1 rings (SSSR count). The van der Waals surface area contributed by atoms with E-state index in [4.69, 9.17) is 4.74 Å². The van der Waals surface area contributed by atoms with Crippen LogP contribution in [0, 0.1) is 11.8 Å². The second-order valence-corrected chi connectivity index (χ2v) is 5.87. The van der Waals surface area contributed by atoms with Crippen molar-refractivity contribution in [3.63, 3.8) is 0 Å². The van der Waals surface area contributed by atoms with Crippen molar-refractivity contribution in [3.05, 3.63) is 29.8 Å². The Morgan fingerprint density at radius 3 is 2.10 bits per heavy atom. The zero-order valence-electron chi connectivity index (χ0n) is 13.3. The normalized spacial score (nSPS) is 11.2. The zero-order valence-corrected chi connectivity index (χ0v) is 13.3. The van der Waals surface area contributed by atoms with Crippen LogP contribution in [0.2, 0.25) is 0 Å². The van der Waals surface area contributed by atoms with Gasteiger partial charge in [-0.2, -0.15) is 0 Å². The Kier molecular flexibility index (Phi) is 6.56. The van der Waals surface area contributed by atoms with E-state index in [0.717, 1.165) is 12.2 Å². The molecule has 0 aliphatic heterocycles. The summed E-state index contributed by atoms with van der Waals surface area (Å²) < 4.78 is 5.52. The van der Waals surface area contributed by atoms with E-state index < -0.39 is 0 Å². The summed E-state index contributed by atoms with van der Waals surface area (Å²) in [6.07, 6.45) is 1.01. The first kappa shape index (κ1) is 16.5. The molecule has 0 spiro atoms. The molecule has 1 aromatic rings. The fourth-order valence-corrected chi connectivity index (χ4v) is 2.30. The Morgan fingerprint density at radius 2 is 1.65 bits per heavy atom. The largest absolute Gasteiger partial charge is 0.484 e. The van der Waals surface area contributed by atoms with Gasteiger partial charge in [-0.1, -0.05) is 46.8 Å². The summed E-state index contributed by atoms with van der Waals surface area (Å²) in [7, 11) is 0. The highest BCUT2D eigenvalue weighted by Crippen LogP contribution is 2.13. The number of carbonyl (C=O) groups is 1. The molecule has 0 aromatic heterocycles. The number of carbonyl (C=O) groups excluding carboxylic acids is 1. The molecule has 0 bridgehead atoms. The van der Waals surface area contributed by atoms with Crippen LogP contribution in [0.25, 0.3) is 0 Å². The average Bonchev–Trinajstić information content (AvgIpc) is 2.42. The molecule has 0 atom stereocenters. The number of ether oxygens (including phenoxy) is 1. The molecule has 0 aliphatic carbocycles. The van der Waals surface area contributed by atoms with Crippen LogP contribution in [0.1, 0.15) is 40.2 Å². The molecular formula is C17H27NO2. The van der Waals surface area contributed by atoms with Crippen molar-refractivity contribution in [3.8, 4) is 5.75 Å². The highest BCUT2D eigenvalue weighted by Gasteiger charge is 2.19. The number of benzene rings is 1. The lowest BCUT2D eigenvalue weighted by atomic mass is 9.93. The van der Waals surface area contributed by atoms with Crippen LogP contribution >= 0.6 is 0 Å². The molecule has 20 heavy (non-hydrogen) atoms. The maximum atomic E-state index is 11.9. The first-order valence-electron chi connectivity index (χ1n) is 7.45. The number of hydrogen-bond donors (Lipinski definition) is 1. The molecule has 3 heteroatoms. The fraction of sp³-hybridized carbons (Fsp3) is 0.588. The summed E-state index contributed by atoms with van der Waals surface area (Å²) in [5, 5.41) is 3.04. The predicted octanol–water partition coefficient (Wildman–Crippen LogP) is 3.42. The van der Waals surface area contributed by atoms with Gasteiger partial charge in [0.2, 0.25) is 0 Å². The van der Waals surface area contributed by atoms with Gasteiger partial charge in [0.25, 0.3) is 5.91 Å². The van der Waals surface area contributed by atoms with Gasteiger partial charge in [0.15, 0.2) is 6.61 Å². The lowest BCUT2D eigenvalue weighted by Gasteiger charge is -2.26. The Bertz CT molecular complexity index is 402. The smallest absolute Gasteiger partial charge is 0.258 e. The third kappa shape index (κ3) is 5.24. The minimum absolute atomic E-state index is 0.0584. The van der Waals surface area contributed by atoms with Crippen LogP contribution in [0.4, 0.5) is 0 Å². The summed E-state index contributed by atoms with van der Waals surface area (Å²) in [4.78, 5) is 11.9. The van der Waals surface area contributed by atoms with Crippen LogP contribution in [0.5, 0.6) is 5.75 Å². The Morgan fingerprint density at radius 1 is 1.10 bits per heavy atom. The van der Waals surface area contributed by atoms with Gasteiger partial charge in [-0.25, -0.2) is 0 Å². The molecule has 0 aliphatic rings. The molecule has 1 aromatic carbocycles. The standard InChI is InChI=1S/C17H27NO2/c1-6-14-7-9-15(10-8-14)20-11-16(19)18-17(12(2)3)13(4)5/h7-10,12-13,17H,6,11H2,1-5H3,(H,18,19). The maximum absolute atomic E-state index is 11.9. The van der Waals surface area contributed by atoms with E-state index >= 15 is 0 Å². The summed E-state index contributed by atoms with van der Waals surface area (Å²) in [6, 6.07) is 8.06. The van der Waals surface area contributed by atoms with Crippen LogP contribution in [-0.4, -0.2) is 18.6 Å². The van der Waals surface area contributed by atoms with Crippen molar-refractivity contribution in [2.24, 2.45) is 11.8 Å². The first-order valence-corrected chi connectivity index (χ1v) is 7.45. The van der Waals surface area contributed by atoms with Crippen molar-refractivity contribution in [2.75, 3.05) is 6.61 Å². The molecule has 0 unspecified atom stereocenters. The number of rotatable bonds is 7. The molecule has 0 saturated carbocycles. The van der Waals surface area contributed by atoms with Gasteiger partial charge in [0.1, 0.15) is 5.75 Å². The van der Waals surface area contributed by atoms with Gasteiger partial charge in [0, 0.05) is 6.04 Å². The van der Waals surface area contributed by atoms with Crippen LogP contribution in [0.3, 0.4) is 0 Å². The SMILES string of the molecule is CCc1ccc(OCC(=O)NC(C(C)C)C(C)C)cc1. The van der Waals surface area contributed by atoms with E-state index in [1.807, 2.05) is 24.3 Å². The second-order valence-electron chi connectivity index (χ2n) is 5.87. The van der Waals surface area contributed by atoms with Crippen LogP contribution in [0.15, 0.2) is 24.3 Å². The van der Waals surface area contributed by atoms with Gasteiger partial charge >= 0.3 is 0 Å². The third-order valence-corrected chi connectivity index (χ3v) is 3.47. The van der Waals surface area contributed by atoms with Gasteiger partial charge in [-0.3, -0.25) is 4.79 Å². The van der Waals surface area contributed by atoms with E-state index in [1.165, 1.54) is 5.56 Å². The van der Waals surface area contributed by atoms with E-state index in [2.05, 4.69) is 39.9 Å². The van der Waals surface area contributed by atoms with Gasteiger partial charge in [0.05, 0.1) is 0 Å². The van der Waals surface area contributed by atoms with E-state index in [0.29, 0.717) is 11.8 Å². The molecule has 112 valence electrons. The lowest BCUT2D eigenvalue weighted by molar-refractivity contribution is -0.124. The zero-order chi connectivity index (χ0) is 15.1. The quantitative estimate of drug-likeness (QED) is 0.829. The molecule has 0 saturated heterocycles. The summed E-state index contributed by atoms with van der Waals surface area (Å²) in [5.41, 5.74) is 1.27. The number of hydrogen-bond acceptors (Lipinski definition) is 2. The molecular weight excluding hydrogens is 250 g/mol. The van der Waals surface area contributed by atoms with Crippen molar-refractivity contribution in [1.82, 2.24) is 5.32 Å². The van der Waals surface area contributed by atoms with Crippen LogP contribution < -0.4 is 10.1 Å². The van der Waals surface area contributed by atoms with E-state index in [1.54, 1.807) is 0 Å². The van der Waals surface area contributed by atoms with Crippen molar-refractivity contribution >= 4 is 5.91 Å². The van der Waals surface area contributed by atoms with E-state index in [9.17, 15) is 4.79 Å². The molecule has 0 heterocycles. The second kappa shape index (κ2) is 7.93. The molecule has 1 N–H and O–H groups in total. The van der Waals surface area contributed by atoms with Gasteiger partial charge in [-0.05, 0) is 36.0 Å². The summed E-state index contributed by atoms with van der Waals surface area (Å²) >= 11 is 0. The van der Waals surface area contributed by atoms with E-state index in [-0.39, 0.29) is 18.6 Å². The molecule has 0 fully saturated rings. The lowest BCUT2D eigenvalue weighted by Crippen LogP contribution is -2.44. The average molecular weight is 277 g/mol. The molecule has 3 nitrogen and oxygen atoms in total. The van der Waals surface area contributed by atoms with Crippen LogP contribution in [-0.2, 0) is 11.2 Å². The van der Waals surface area contributed by atoms with Crippen molar-refractivity contribution < 1.29 is 9.53 Å². The Balaban J connectivity index is 2.45.